The first-order chi connectivity index (χ1) is 13.0. The van der Waals surface area contributed by atoms with E-state index < -0.39 is 5.78 Å². The number of ketones is 1. The summed E-state index contributed by atoms with van der Waals surface area (Å²) in [6.45, 7) is 0. The molecule has 0 N–H and O–H groups in total. The molecule has 1 aromatic heterocycles. The molecule has 0 atom stereocenters. The lowest BCUT2D eigenvalue weighted by atomic mass is 10.0. The fourth-order valence-electron chi connectivity index (χ4n) is 2.46. The summed E-state index contributed by atoms with van der Waals surface area (Å²) >= 11 is 12.2. The van der Waals surface area contributed by atoms with Crippen LogP contribution in [0.5, 0.6) is 5.75 Å². The highest BCUT2D eigenvalue weighted by Crippen LogP contribution is 2.34. The summed E-state index contributed by atoms with van der Waals surface area (Å²) in [7, 11) is 1.54. The van der Waals surface area contributed by atoms with Crippen molar-refractivity contribution in [2.24, 2.45) is 0 Å². The van der Waals surface area contributed by atoms with Gasteiger partial charge in [-0.2, -0.15) is 5.26 Å². The van der Waals surface area contributed by atoms with Crippen molar-refractivity contribution in [2.45, 2.75) is 0 Å². The zero-order valence-corrected chi connectivity index (χ0v) is 15.7. The van der Waals surface area contributed by atoms with Gasteiger partial charge in [-0.3, -0.25) is 4.79 Å². The monoisotopic (exact) mass is 397 g/mol. The number of rotatable bonds is 5. The predicted octanol–water partition coefficient (Wildman–Crippen LogP) is 6.05. The minimum Gasteiger partial charge on any atom is -0.497 e. The van der Waals surface area contributed by atoms with Gasteiger partial charge in [0.15, 0.2) is 0 Å². The van der Waals surface area contributed by atoms with Crippen LogP contribution in [-0.2, 0) is 0 Å². The molecule has 6 heteroatoms. The van der Waals surface area contributed by atoms with Gasteiger partial charge in [0.2, 0.25) is 5.78 Å². The van der Waals surface area contributed by atoms with Gasteiger partial charge in [0.05, 0.1) is 17.2 Å². The molecule has 134 valence electrons. The number of methoxy groups -OCH3 is 1. The number of nitriles is 1. The molecule has 4 nitrogen and oxygen atoms in total. The Kier molecular flexibility index (Phi) is 5.66. The number of allylic oxidation sites excluding steroid dienone is 1. The summed E-state index contributed by atoms with van der Waals surface area (Å²) in [4.78, 5) is 12.5. The van der Waals surface area contributed by atoms with E-state index in [-0.39, 0.29) is 5.57 Å². The second-order valence-electron chi connectivity index (χ2n) is 5.53. The van der Waals surface area contributed by atoms with Crippen LogP contribution in [0, 0.1) is 11.3 Å². The van der Waals surface area contributed by atoms with Crippen LogP contribution < -0.4 is 4.74 Å². The van der Waals surface area contributed by atoms with E-state index in [1.807, 2.05) is 6.07 Å². The number of hydrogen-bond donors (Lipinski definition) is 0. The molecule has 0 aliphatic carbocycles. The van der Waals surface area contributed by atoms with Gasteiger partial charge >= 0.3 is 0 Å². The summed E-state index contributed by atoms with van der Waals surface area (Å²) < 4.78 is 10.8. The average Bonchev–Trinajstić information content (AvgIpc) is 3.16. The maximum absolute atomic E-state index is 12.5. The third-order valence-electron chi connectivity index (χ3n) is 3.85. The first-order valence-corrected chi connectivity index (χ1v) is 8.64. The van der Waals surface area contributed by atoms with Crippen LogP contribution in [0.3, 0.4) is 0 Å². The largest absolute Gasteiger partial charge is 0.497 e. The maximum Gasteiger partial charge on any atom is 0.203 e. The standard InChI is InChI=1S/C21H13Cl2NO3/c1-26-15-7-5-13(6-8-15)21(25)14(12-24)11-16-9-10-19(27-16)17-3-2-4-18(22)20(17)23/h2-11H,1H3/b14-11+. The fraction of sp³-hybridized carbons (Fsp3) is 0.0476. The summed E-state index contributed by atoms with van der Waals surface area (Å²) in [5.41, 5.74) is 0.968. The molecule has 0 aliphatic rings. The number of benzene rings is 2. The molecule has 0 bridgehead atoms. The zero-order valence-electron chi connectivity index (χ0n) is 14.2. The van der Waals surface area contributed by atoms with Crippen LogP contribution in [0.4, 0.5) is 0 Å². The van der Waals surface area contributed by atoms with E-state index in [0.717, 1.165) is 0 Å². The summed E-state index contributed by atoms with van der Waals surface area (Å²) in [6.07, 6.45) is 1.40. The third-order valence-corrected chi connectivity index (χ3v) is 4.67. The molecule has 3 rings (SSSR count). The van der Waals surface area contributed by atoms with E-state index in [0.29, 0.717) is 38.4 Å². The van der Waals surface area contributed by atoms with Crippen LogP contribution in [0.25, 0.3) is 17.4 Å². The molecule has 0 radical (unpaired) electrons. The van der Waals surface area contributed by atoms with E-state index in [1.54, 1.807) is 54.6 Å². The lowest BCUT2D eigenvalue weighted by molar-refractivity contribution is 0.104. The van der Waals surface area contributed by atoms with Crippen LogP contribution in [0.2, 0.25) is 10.0 Å². The quantitative estimate of drug-likeness (QED) is 0.298. The second-order valence-corrected chi connectivity index (χ2v) is 6.32. The average molecular weight is 398 g/mol. The molecule has 27 heavy (non-hydrogen) atoms. The van der Waals surface area contributed by atoms with E-state index >= 15 is 0 Å². The van der Waals surface area contributed by atoms with Gasteiger partial charge in [0, 0.05) is 17.2 Å². The van der Waals surface area contributed by atoms with E-state index in [9.17, 15) is 10.1 Å². The van der Waals surface area contributed by atoms with Crippen LogP contribution in [-0.4, -0.2) is 12.9 Å². The molecule has 2 aromatic carbocycles. The molecule has 0 amide bonds. The normalized spacial score (nSPS) is 11.1. The van der Waals surface area contributed by atoms with Gasteiger partial charge in [-0.15, -0.1) is 0 Å². The molecule has 0 aliphatic heterocycles. The molecule has 1 heterocycles. The predicted molar refractivity (Wildman–Crippen MR) is 105 cm³/mol. The third kappa shape index (κ3) is 4.06. The van der Waals surface area contributed by atoms with Gasteiger partial charge in [0.25, 0.3) is 0 Å². The van der Waals surface area contributed by atoms with Crippen LogP contribution in [0.15, 0.2) is 64.6 Å². The highest BCUT2D eigenvalue weighted by Gasteiger charge is 2.15. The number of carbonyl (C=O) groups is 1. The lowest BCUT2D eigenvalue weighted by Gasteiger charge is -2.02. The smallest absolute Gasteiger partial charge is 0.203 e. The Morgan fingerprint density at radius 2 is 1.85 bits per heavy atom. The van der Waals surface area contributed by atoms with Crippen LogP contribution in [0.1, 0.15) is 16.1 Å². The Balaban J connectivity index is 1.90. The topological polar surface area (TPSA) is 63.2 Å². The highest BCUT2D eigenvalue weighted by atomic mass is 35.5. The molecule has 0 saturated heterocycles. The van der Waals surface area contributed by atoms with Crippen molar-refractivity contribution in [3.05, 3.63) is 81.5 Å². The van der Waals surface area contributed by atoms with Crippen molar-refractivity contribution in [2.75, 3.05) is 7.11 Å². The van der Waals surface area contributed by atoms with Gasteiger partial charge in [-0.25, -0.2) is 0 Å². The van der Waals surface area contributed by atoms with Gasteiger partial charge in [0.1, 0.15) is 28.9 Å². The minimum absolute atomic E-state index is 0.0433. The van der Waals surface area contributed by atoms with E-state index in [2.05, 4.69) is 0 Å². The number of furan rings is 1. The second kappa shape index (κ2) is 8.13. The molecular weight excluding hydrogens is 385 g/mol. The summed E-state index contributed by atoms with van der Waals surface area (Å²) in [6, 6.07) is 17.0. The maximum atomic E-state index is 12.5. The van der Waals surface area contributed by atoms with Crippen molar-refractivity contribution < 1.29 is 13.9 Å². The number of Topliss-reactive ketones (excluding diaryl/α,β-unsaturated/α-hetero) is 1. The fourth-order valence-corrected chi connectivity index (χ4v) is 2.85. The molecule has 0 fully saturated rings. The van der Waals surface area contributed by atoms with Crippen molar-refractivity contribution >= 4 is 35.1 Å². The Labute approximate surface area is 166 Å². The van der Waals surface area contributed by atoms with E-state index in [4.69, 9.17) is 32.4 Å². The molecular formula is C21H13Cl2NO3. The highest BCUT2D eigenvalue weighted by molar-refractivity contribution is 6.43. The van der Waals surface area contributed by atoms with Gasteiger partial charge in [-0.1, -0.05) is 29.3 Å². The van der Waals surface area contributed by atoms with Crippen molar-refractivity contribution in [3.63, 3.8) is 0 Å². The van der Waals surface area contributed by atoms with Crippen molar-refractivity contribution in [3.8, 4) is 23.1 Å². The van der Waals surface area contributed by atoms with Crippen molar-refractivity contribution in [1.82, 2.24) is 0 Å². The number of carbonyl (C=O) groups excluding carboxylic acids is 1. The summed E-state index contributed by atoms with van der Waals surface area (Å²) in [5.74, 6) is 1.07. The Bertz CT molecular complexity index is 1060. The number of nitrogens with zero attached hydrogens (tertiary/aromatic N) is 1. The molecule has 0 spiro atoms. The minimum atomic E-state index is -0.404. The first-order valence-electron chi connectivity index (χ1n) is 7.88. The van der Waals surface area contributed by atoms with Crippen molar-refractivity contribution in [1.29, 1.82) is 5.26 Å². The SMILES string of the molecule is COc1ccc(C(=O)/C(C#N)=C/c2ccc(-c3cccc(Cl)c3Cl)o2)cc1. The first kappa shape index (κ1) is 18.8. The lowest BCUT2D eigenvalue weighted by Crippen LogP contribution is -2.01. The Morgan fingerprint density at radius 3 is 2.52 bits per heavy atom. The van der Waals surface area contributed by atoms with Crippen LogP contribution >= 0.6 is 23.2 Å². The molecule has 3 aromatic rings. The number of ether oxygens (including phenoxy) is 1. The Morgan fingerprint density at radius 1 is 1.11 bits per heavy atom. The number of hydrogen-bond acceptors (Lipinski definition) is 4. The van der Waals surface area contributed by atoms with E-state index in [1.165, 1.54) is 13.2 Å². The Hall–Kier alpha value is -3.00. The zero-order chi connectivity index (χ0) is 19.4. The molecule has 0 unspecified atom stereocenters. The summed E-state index contributed by atoms with van der Waals surface area (Å²) in [5, 5.41) is 10.2. The molecule has 0 saturated carbocycles. The van der Waals surface area contributed by atoms with Gasteiger partial charge in [-0.05, 0) is 48.5 Å². The number of halogens is 2. The van der Waals surface area contributed by atoms with Gasteiger partial charge < -0.3 is 9.15 Å².